The van der Waals surface area contributed by atoms with Gasteiger partial charge in [-0.15, -0.1) is 0 Å². The van der Waals surface area contributed by atoms with Crippen LogP contribution >= 0.6 is 0 Å². The molecule has 4 heteroatoms. The molecule has 3 rings (SSSR count). The molecule has 1 atom stereocenters. The molecular weight excluding hydrogens is 312 g/mol. The number of carbonyl (C=O) groups is 1. The van der Waals surface area contributed by atoms with Crippen molar-refractivity contribution in [2.75, 3.05) is 13.7 Å². The van der Waals surface area contributed by atoms with Crippen LogP contribution < -0.4 is 5.32 Å². The predicted octanol–water partition coefficient (Wildman–Crippen LogP) is 4.11. The number of hydrogen-bond donors (Lipinski definition) is 2. The van der Waals surface area contributed by atoms with E-state index >= 15 is 0 Å². The van der Waals surface area contributed by atoms with Crippen molar-refractivity contribution in [2.45, 2.75) is 63.5 Å². The lowest BCUT2D eigenvalue weighted by molar-refractivity contribution is 0.131. The molecular formula is C21H32N2O2. The van der Waals surface area contributed by atoms with Crippen molar-refractivity contribution in [1.29, 1.82) is 0 Å². The summed E-state index contributed by atoms with van der Waals surface area (Å²) in [6.45, 7) is 0.278. The highest BCUT2D eigenvalue weighted by Gasteiger charge is 2.29. The summed E-state index contributed by atoms with van der Waals surface area (Å²) in [5.41, 5.74) is 1.21. The molecule has 0 radical (unpaired) electrons. The number of aliphatic hydroxyl groups excluding tert-OH is 1. The number of nitrogens with one attached hydrogen (secondary N) is 1. The zero-order valence-electron chi connectivity index (χ0n) is 15.4. The molecule has 2 fully saturated rings. The molecule has 2 N–H and O–H groups in total. The molecule has 1 aromatic carbocycles. The molecule has 1 unspecified atom stereocenters. The zero-order valence-corrected chi connectivity index (χ0v) is 15.4. The van der Waals surface area contributed by atoms with Gasteiger partial charge in [-0.2, -0.15) is 0 Å². The Morgan fingerprint density at radius 2 is 1.80 bits per heavy atom. The van der Waals surface area contributed by atoms with Crippen LogP contribution in [0.4, 0.5) is 4.79 Å². The number of amides is 2. The summed E-state index contributed by atoms with van der Waals surface area (Å²) in [6.07, 6.45) is 8.98. The van der Waals surface area contributed by atoms with Gasteiger partial charge in [0.25, 0.3) is 0 Å². The highest BCUT2D eigenvalue weighted by atomic mass is 16.3. The van der Waals surface area contributed by atoms with Crippen LogP contribution in [-0.4, -0.2) is 35.7 Å². The molecule has 2 saturated carbocycles. The minimum atomic E-state index is 0.0422. The van der Waals surface area contributed by atoms with Crippen LogP contribution in [0.3, 0.4) is 0 Å². The fraction of sp³-hybridized carbons (Fsp3) is 0.667. The number of rotatable bonds is 6. The van der Waals surface area contributed by atoms with E-state index in [1.54, 1.807) is 0 Å². The number of aliphatic hydroxyl groups is 1. The Hall–Kier alpha value is -1.55. The maximum atomic E-state index is 12.8. The number of urea groups is 1. The van der Waals surface area contributed by atoms with E-state index in [0.29, 0.717) is 12.0 Å². The average molecular weight is 344 g/mol. The highest BCUT2D eigenvalue weighted by molar-refractivity contribution is 5.74. The van der Waals surface area contributed by atoms with Crippen molar-refractivity contribution in [3.63, 3.8) is 0 Å². The molecule has 0 aliphatic heterocycles. The fourth-order valence-electron chi connectivity index (χ4n) is 4.16. The number of nitrogens with zero attached hydrogens (tertiary/aromatic N) is 1. The lowest BCUT2D eigenvalue weighted by atomic mass is 9.79. The molecule has 0 spiro atoms. The summed E-state index contributed by atoms with van der Waals surface area (Å²) >= 11 is 0. The van der Waals surface area contributed by atoms with Gasteiger partial charge in [-0.05, 0) is 49.5 Å². The van der Waals surface area contributed by atoms with Crippen LogP contribution in [0.25, 0.3) is 0 Å². The number of benzene rings is 1. The molecule has 0 heterocycles. The van der Waals surface area contributed by atoms with Crippen LogP contribution in [0, 0.1) is 11.8 Å². The molecule has 0 saturated heterocycles. The first kappa shape index (κ1) is 18.2. The second-order valence-electron chi connectivity index (χ2n) is 7.91. The molecule has 2 amide bonds. The molecule has 2 aliphatic rings. The monoisotopic (exact) mass is 344 g/mol. The third-order valence-electron chi connectivity index (χ3n) is 6.24. The summed E-state index contributed by atoms with van der Waals surface area (Å²) in [4.78, 5) is 14.7. The Bertz CT molecular complexity index is 536. The zero-order chi connectivity index (χ0) is 17.6. The molecule has 0 bridgehead atoms. The van der Waals surface area contributed by atoms with E-state index in [1.807, 2.05) is 18.0 Å². The fourth-order valence-corrected chi connectivity index (χ4v) is 4.16. The first-order chi connectivity index (χ1) is 12.2. The van der Waals surface area contributed by atoms with Crippen molar-refractivity contribution >= 4 is 6.03 Å². The molecule has 1 aromatic rings. The van der Waals surface area contributed by atoms with Crippen LogP contribution in [0.5, 0.6) is 0 Å². The summed E-state index contributed by atoms with van der Waals surface area (Å²) in [5, 5.41) is 12.6. The normalized spacial score (nSPS) is 25.0. The SMILES string of the molecule is CN(C(=O)NC(CC1CCC1)c1ccccc1)C1CCC(CO)CC1. The van der Waals surface area contributed by atoms with Gasteiger partial charge >= 0.3 is 6.03 Å². The third-order valence-corrected chi connectivity index (χ3v) is 6.24. The van der Waals surface area contributed by atoms with Crippen LogP contribution in [0.15, 0.2) is 30.3 Å². The van der Waals surface area contributed by atoms with Gasteiger partial charge in [0.05, 0.1) is 6.04 Å². The Balaban J connectivity index is 1.59. The van der Waals surface area contributed by atoms with Crippen molar-refractivity contribution < 1.29 is 9.90 Å². The molecule has 4 nitrogen and oxygen atoms in total. The Morgan fingerprint density at radius 3 is 2.36 bits per heavy atom. The van der Waals surface area contributed by atoms with Gasteiger partial charge in [-0.1, -0.05) is 49.6 Å². The second kappa shape index (κ2) is 8.70. The van der Waals surface area contributed by atoms with Gasteiger partial charge in [-0.25, -0.2) is 4.79 Å². The maximum Gasteiger partial charge on any atom is 0.317 e. The van der Waals surface area contributed by atoms with Crippen LogP contribution in [0.1, 0.15) is 63.0 Å². The minimum absolute atomic E-state index is 0.0422. The number of carbonyl (C=O) groups excluding carboxylic acids is 1. The topological polar surface area (TPSA) is 52.6 Å². The third kappa shape index (κ3) is 4.75. The lowest BCUT2D eigenvalue weighted by Gasteiger charge is -2.36. The Kier molecular flexibility index (Phi) is 6.35. The van der Waals surface area contributed by atoms with E-state index in [4.69, 9.17) is 0 Å². The average Bonchev–Trinajstić information content (AvgIpc) is 2.63. The van der Waals surface area contributed by atoms with Gasteiger partial charge < -0.3 is 15.3 Å². The Labute approximate surface area is 151 Å². The first-order valence-corrected chi connectivity index (χ1v) is 9.86. The van der Waals surface area contributed by atoms with E-state index in [1.165, 1.54) is 24.8 Å². The number of hydrogen-bond acceptors (Lipinski definition) is 2. The molecule has 0 aromatic heterocycles. The van der Waals surface area contributed by atoms with Gasteiger partial charge in [0, 0.05) is 19.7 Å². The van der Waals surface area contributed by atoms with Crippen LogP contribution in [0.2, 0.25) is 0 Å². The molecule has 2 aliphatic carbocycles. The summed E-state index contributed by atoms with van der Waals surface area (Å²) < 4.78 is 0. The summed E-state index contributed by atoms with van der Waals surface area (Å²) in [5.74, 6) is 1.17. The minimum Gasteiger partial charge on any atom is -0.396 e. The van der Waals surface area contributed by atoms with Crippen molar-refractivity contribution in [3.05, 3.63) is 35.9 Å². The standard InChI is InChI=1S/C21H32N2O2/c1-23(19-12-10-17(15-24)11-13-19)21(25)22-20(14-16-6-5-7-16)18-8-3-2-4-9-18/h2-4,8-9,16-17,19-20,24H,5-7,10-15H2,1H3,(H,22,25). The van der Waals surface area contributed by atoms with Gasteiger partial charge in [0.2, 0.25) is 0 Å². The highest BCUT2D eigenvalue weighted by Crippen LogP contribution is 2.35. The largest absolute Gasteiger partial charge is 0.396 e. The van der Waals surface area contributed by atoms with Crippen molar-refractivity contribution in [3.8, 4) is 0 Å². The predicted molar refractivity (Wildman–Crippen MR) is 100 cm³/mol. The molecule has 138 valence electrons. The van der Waals surface area contributed by atoms with Crippen molar-refractivity contribution in [2.24, 2.45) is 11.8 Å². The van der Waals surface area contributed by atoms with E-state index < -0.39 is 0 Å². The van der Waals surface area contributed by atoms with E-state index in [9.17, 15) is 9.90 Å². The van der Waals surface area contributed by atoms with Crippen molar-refractivity contribution in [1.82, 2.24) is 10.2 Å². The summed E-state index contributed by atoms with van der Waals surface area (Å²) in [6, 6.07) is 10.8. The smallest absolute Gasteiger partial charge is 0.317 e. The van der Waals surface area contributed by atoms with E-state index in [-0.39, 0.29) is 18.7 Å². The van der Waals surface area contributed by atoms with Gasteiger partial charge in [0.1, 0.15) is 0 Å². The van der Waals surface area contributed by atoms with E-state index in [2.05, 4.69) is 29.6 Å². The lowest BCUT2D eigenvalue weighted by Crippen LogP contribution is -2.46. The quantitative estimate of drug-likeness (QED) is 0.816. The molecule has 25 heavy (non-hydrogen) atoms. The summed E-state index contributed by atoms with van der Waals surface area (Å²) in [7, 11) is 1.92. The van der Waals surface area contributed by atoms with Crippen LogP contribution in [-0.2, 0) is 0 Å². The second-order valence-corrected chi connectivity index (χ2v) is 7.91. The first-order valence-electron chi connectivity index (χ1n) is 9.86. The maximum absolute atomic E-state index is 12.8. The van der Waals surface area contributed by atoms with Gasteiger partial charge in [-0.3, -0.25) is 0 Å². The van der Waals surface area contributed by atoms with E-state index in [0.717, 1.165) is 38.0 Å². The van der Waals surface area contributed by atoms with Gasteiger partial charge in [0.15, 0.2) is 0 Å². The Morgan fingerprint density at radius 1 is 1.12 bits per heavy atom.